The summed E-state index contributed by atoms with van der Waals surface area (Å²) in [4.78, 5) is 16.1. The van der Waals surface area contributed by atoms with Crippen LogP contribution in [0.4, 0.5) is 4.39 Å². The van der Waals surface area contributed by atoms with E-state index in [1.54, 1.807) is 18.4 Å². The van der Waals surface area contributed by atoms with E-state index in [0.717, 1.165) is 11.3 Å². The van der Waals surface area contributed by atoms with Gasteiger partial charge in [-0.15, -0.1) is 12.4 Å². The van der Waals surface area contributed by atoms with Crippen molar-refractivity contribution in [1.29, 1.82) is 0 Å². The molecule has 1 atom stereocenters. The van der Waals surface area contributed by atoms with E-state index in [9.17, 15) is 9.18 Å². The molecule has 1 aromatic carbocycles. The highest BCUT2D eigenvalue weighted by Crippen LogP contribution is 2.18. The summed E-state index contributed by atoms with van der Waals surface area (Å²) in [5.74, 6) is 0.0903. The van der Waals surface area contributed by atoms with Gasteiger partial charge in [0.25, 0.3) is 0 Å². The number of carbonyl (C=O) groups is 1. The number of carbonyl (C=O) groups excluding carboxylic acids is 1. The van der Waals surface area contributed by atoms with Gasteiger partial charge in [0.15, 0.2) is 0 Å². The number of aromatic nitrogens is 1. The highest BCUT2D eigenvalue weighted by Gasteiger charge is 2.11. The maximum atomic E-state index is 12.9. The topological polar surface area (TPSA) is 67.2 Å². The molecule has 1 unspecified atom stereocenters. The molecule has 1 amide bonds. The van der Waals surface area contributed by atoms with Gasteiger partial charge in [-0.2, -0.15) is 0 Å². The van der Waals surface area contributed by atoms with Crippen molar-refractivity contribution in [3.05, 3.63) is 42.0 Å². The van der Waals surface area contributed by atoms with Crippen molar-refractivity contribution in [2.75, 3.05) is 20.1 Å². The van der Waals surface area contributed by atoms with Crippen LogP contribution in [0.2, 0.25) is 0 Å². The standard InChI is InChI=1S/C16H20FN3O2.ClH/c1-11(9-18-2)15(21)19-8-7-14-10-22-16(20-14)12-3-5-13(17)6-4-12;/h3-6,10-11,18H,7-9H2,1-2H3,(H,19,21);1H. The van der Waals surface area contributed by atoms with Gasteiger partial charge in [0.1, 0.15) is 12.1 Å². The van der Waals surface area contributed by atoms with Gasteiger partial charge in [-0.1, -0.05) is 6.92 Å². The Balaban J connectivity index is 0.00000264. The van der Waals surface area contributed by atoms with Gasteiger partial charge in [0.05, 0.1) is 5.69 Å². The van der Waals surface area contributed by atoms with Crippen LogP contribution < -0.4 is 10.6 Å². The van der Waals surface area contributed by atoms with Crippen molar-refractivity contribution >= 4 is 18.3 Å². The van der Waals surface area contributed by atoms with Crippen molar-refractivity contribution in [3.63, 3.8) is 0 Å². The van der Waals surface area contributed by atoms with Crippen LogP contribution in [0.1, 0.15) is 12.6 Å². The first kappa shape index (κ1) is 19.1. The van der Waals surface area contributed by atoms with Crippen LogP contribution in [0.15, 0.2) is 34.9 Å². The predicted molar refractivity (Wildman–Crippen MR) is 88.9 cm³/mol. The maximum absolute atomic E-state index is 12.9. The zero-order valence-electron chi connectivity index (χ0n) is 13.1. The summed E-state index contributed by atoms with van der Waals surface area (Å²) >= 11 is 0. The Morgan fingerprint density at radius 1 is 1.35 bits per heavy atom. The third-order valence-electron chi connectivity index (χ3n) is 3.28. The summed E-state index contributed by atoms with van der Waals surface area (Å²) in [7, 11) is 1.82. The Hall–Kier alpha value is -1.92. The highest BCUT2D eigenvalue weighted by molar-refractivity contribution is 5.85. The molecule has 2 aromatic rings. The van der Waals surface area contributed by atoms with Gasteiger partial charge < -0.3 is 15.1 Å². The molecule has 0 spiro atoms. The number of nitrogens with zero attached hydrogens (tertiary/aromatic N) is 1. The number of nitrogens with one attached hydrogen (secondary N) is 2. The molecule has 23 heavy (non-hydrogen) atoms. The molecule has 1 aromatic heterocycles. The number of benzene rings is 1. The summed E-state index contributed by atoms with van der Waals surface area (Å²) in [6, 6.07) is 5.96. The summed E-state index contributed by atoms with van der Waals surface area (Å²) in [6.07, 6.45) is 2.14. The van der Waals surface area contributed by atoms with Crippen molar-refractivity contribution < 1.29 is 13.6 Å². The number of amides is 1. The number of oxazole rings is 1. The van der Waals surface area contributed by atoms with Crippen molar-refractivity contribution in [2.24, 2.45) is 5.92 Å². The SMILES string of the molecule is CNCC(C)C(=O)NCCc1coc(-c2ccc(F)cc2)n1.Cl. The monoisotopic (exact) mass is 341 g/mol. The van der Waals surface area contributed by atoms with Crippen molar-refractivity contribution in [2.45, 2.75) is 13.3 Å². The van der Waals surface area contributed by atoms with Crippen LogP contribution in [0.25, 0.3) is 11.5 Å². The third-order valence-corrected chi connectivity index (χ3v) is 3.28. The summed E-state index contributed by atoms with van der Waals surface area (Å²) in [6.45, 7) is 3.02. The second-order valence-corrected chi connectivity index (χ2v) is 5.15. The lowest BCUT2D eigenvalue weighted by atomic mass is 10.1. The average Bonchev–Trinajstić information content (AvgIpc) is 2.97. The Labute approximate surface area is 141 Å². The molecule has 0 radical (unpaired) electrons. The van der Waals surface area contributed by atoms with Crippen LogP contribution in [0.3, 0.4) is 0 Å². The first-order chi connectivity index (χ1) is 10.6. The van der Waals surface area contributed by atoms with E-state index in [2.05, 4.69) is 15.6 Å². The van der Waals surface area contributed by atoms with E-state index in [-0.39, 0.29) is 30.0 Å². The van der Waals surface area contributed by atoms with E-state index < -0.39 is 0 Å². The van der Waals surface area contributed by atoms with Gasteiger partial charge in [-0.3, -0.25) is 4.79 Å². The quantitative estimate of drug-likeness (QED) is 0.811. The summed E-state index contributed by atoms with van der Waals surface area (Å²) in [5, 5.41) is 5.83. The van der Waals surface area contributed by atoms with Crippen molar-refractivity contribution in [3.8, 4) is 11.5 Å². The maximum Gasteiger partial charge on any atom is 0.226 e. The molecular formula is C16H21ClFN3O2. The summed E-state index contributed by atoms with van der Waals surface area (Å²) < 4.78 is 18.3. The minimum absolute atomic E-state index is 0. The number of halogens is 2. The fourth-order valence-corrected chi connectivity index (χ4v) is 2.03. The van der Waals surface area contributed by atoms with Gasteiger partial charge in [0, 0.05) is 31.0 Å². The lowest BCUT2D eigenvalue weighted by molar-refractivity contribution is -0.124. The molecule has 7 heteroatoms. The third kappa shape index (κ3) is 5.65. The average molecular weight is 342 g/mol. The second kappa shape index (κ2) is 9.27. The zero-order valence-corrected chi connectivity index (χ0v) is 14.0. The molecule has 0 saturated carbocycles. The molecule has 126 valence electrons. The molecule has 2 N–H and O–H groups in total. The fraction of sp³-hybridized carbons (Fsp3) is 0.375. The first-order valence-corrected chi connectivity index (χ1v) is 7.23. The van der Waals surface area contributed by atoms with Gasteiger partial charge in [-0.25, -0.2) is 9.37 Å². The van der Waals surface area contributed by atoms with Gasteiger partial charge in [0.2, 0.25) is 11.8 Å². The van der Waals surface area contributed by atoms with E-state index >= 15 is 0 Å². The van der Waals surface area contributed by atoms with Crippen LogP contribution in [-0.4, -0.2) is 31.0 Å². The van der Waals surface area contributed by atoms with Gasteiger partial charge in [-0.05, 0) is 31.3 Å². The normalized spacial score (nSPS) is 11.6. The molecule has 0 fully saturated rings. The van der Waals surface area contributed by atoms with Crippen LogP contribution in [-0.2, 0) is 11.2 Å². The Morgan fingerprint density at radius 2 is 2.04 bits per heavy atom. The molecule has 0 saturated heterocycles. The second-order valence-electron chi connectivity index (χ2n) is 5.15. The molecule has 0 bridgehead atoms. The van der Waals surface area contributed by atoms with E-state index in [1.165, 1.54) is 12.1 Å². The highest BCUT2D eigenvalue weighted by atomic mass is 35.5. The number of hydrogen-bond donors (Lipinski definition) is 2. The van der Waals surface area contributed by atoms with Crippen LogP contribution >= 0.6 is 12.4 Å². The van der Waals surface area contributed by atoms with Crippen molar-refractivity contribution in [1.82, 2.24) is 15.6 Å². The molecule has 1 heterocycles. The summed E-state index contributed by atoms with van der Waals surface area (Å²) in [5.41, 5.74) is 1.47. The Kier molecular flexibility index (Phi) is 7.71. The first-order valence-electron chi connectivity index (χ1n) is 7.23. The Bertz CT molecular complexity index is 616. The lowest BCUT2D eigenvalue weighted by Gasteiger charge is -2.10. The minimum atomic E-state index is -0.297. The molecule has 2 rings (SSSR count). The Morgan fingerprint density at radius 3 is 2.70 bits per heavy atom. The predicted octanol–water partition coefficient (Wildman–Crippen LogP) is 2.42. The number of hydrogen-bond acceptors (Lipinski definition) is 4. The molecular weight excluding hydrogens is 321 g/mol. The van der Waals surface area contributed by atoms with Crippen LogP contribution in [0, 0.1) is 11.7 Å². The lowest BCUT2D eigenvalue weighted by Crippen LogP contribution is -2.35. The van der Waals surface area contributed by atoms with E-state index in [4.69, 9.17) is 4.42 Å². The minimum Gasteiger partial charge on any atom is -0.444 e. The molecule has 0 aliphatic carbocycles. The number of rotatable bonds is 7. The molecule has 5 nitrogen and oxygen atoms in total. The fourth-order valence-electron chi connectivity index (χ4n) is 2.03. The zero-order chi connectivity index (χ0) is 15.9. The van der Waals surface area contributed by atoms with E-state index in [0.29, 0.717) is 25.4 Å². The molecule has 0 aliphatic heterocycles. The smallest absolute Gasteiger partial charge is 0.226 e. The van der Waals surface area contributed by atoms with Crippen LogP contribution in [0.5, 0.6) is 0 Å². The van der Waals surface area contributed by atoms with E-state index in [1.807, 2.05) is 14.0 Å². The molecule has 0 aliphatic rings. The largest absolute Gasteiger partial charge is 0.444 e. The van der Waals surface area contributed by atoms with Gasteiger partial charge >= 0.3 is 0 Å².